The van der Waals surface area contributed by atoms with Crippen molar-refractivity contribution in [2.24, 2.45) is 5.92 Å². The number of carbonyl (C=O) groups is 1. The van der Waals surface area contributed by atoms with Gasteiger partial charge in [-0.15, -0.1) is 0 Å². The molecule has 1 aliphatic heterocycles. The van der Waals surface area contributed by atoms with Gasteiger partial charge in [0, 0.05) is 12.1 Å². The molecule has 0 saturated carbocycles. The summed E-state index contributed by atoms with van der Waals surface area (Å²) in [5.41, 5.74) is 0. The average molecular weight is 253 g/mol. The van der Waals surface area contributed by atoms with Gasteiger partial charge in [-0.3, -0.25) is 9.69 Å². The molecule has 100 valence electrons. The lowest BCUT2D eigenvalue weighted by Crippen LogP contribution is -2.53. The summed E-state index contributed by atoms with van der Waals surface area (Å²) in [6.45, 7) is 3.31. The summed E-state index contributed by atoms with van der Waals surface area (Å²) in [5.74, 6) is -0.679. The molecule has 0 aromatic rings. The largest absolute Gasteiger partial charge is 0.469 e. The Morgan fingerprint density at radius 1 is 1.24 bits per heavy atom. The van der Waals surface area contributed by atoms with Gasteiger partial charge in [-0.05, 0) is 26.7 Å². The zero-order chi connectivity index (χ0) is 13.2. The Kier molecular flexibility index (Phi) is 4.80. The first kappa shape index (κ1) is 14.3. The van der Waals surface area contributed by atoms with E-state index in [9.17, 15) is 18.0 Å². The molecule has 0 spiro atoms. The second kappa shape index (κ2) is 5.71. The topological polar surface area (TPSA) is 29.5 Å². The molecule has 3 unspecified atom stereocenters. The Balaban J connectivity index is 2.71. The first-order valence-corrected chi connectivity index (χ1v) is 5.66. The number of rotatable bonds is 3. The molecule has 6 heteroatoms. The van der Waals surface area contributed by atoms with Crippen molar-refractivity contribution in [2.45, 2.75) is 51.5 Å². The van der Waals surface area contributed by atoms with Gasteiger partial charge < -0.3 is 4.74 Å². The molecule has 3 nitrogen and oxygen atoms in total. The Morgan fingerprint density at radius 2 is 1.71 bits per heavy atom. The number of alkyl halides is 3. The van der Waals surface area contributed by atoms with E-state index in [2.05, 4.69) is 4.74 Å². The van der Waals surface area contributed by atoms with Crippen LogP contribution in [-0.2, 0) is 9.53 Å². The average Bonchev–Trinajstić information content (AvgIpc) is 2.26. The third-order valence-corrected chi connectivity index (χ3v) is 3.30. The fourth-order valence-electron chi connectivity index (χ4n) is 2.57. The molecule has 3 atom stereocenters. The molecule has 1 saturated heterocycles. The number of halogens is 3. The zero-order valence-electron chi connectivity index (χ0n) is 10.2. The second-order valence-corrected chi connectivity index (χ2v) is 4.54. The van der Waals surface area contributed by atoms with Crippen LogP contribution in [0.25, 0.3) is 0 Å². The van der Waals surface area contributed by atoms with Crippen molar-refractivity contribution in [3.8, 4) is 0 Å². The normalized spacial score (nSPS) is 32.5. The number of hydrogen-bond donors (Lipinski definition) is 0. The van der Waals surface area contributed by atoms with E-state index in [0.29, 0.717) is 12.8 Å². The lowest BCUT2D eigenvalue weighted by Gasteiger charge is -2.42. The summed E-state index contributed by atoms with van der Waals surface area (Å²) in [5, 5.41) is 0. The monoisotopic (exact) mass is 253 g/mol. The van der Waals surface area contributed by atoms with Crippen LogP contribution in [0.4, 0.5) is 13.2 Å². The van der Waals surface area contributed by atoms with E-state index in [4.69, 9.17) is 0 Å². The van der Waals surface area contributed by atoms with Crippen LogP contribution >= 0.6 is 0 Å². The van der Waals surface area contributed by atoms with Crippen LogP contribution in [0.3, 0.4) is 0 Å². The number of piperidine rings is 1. The van der Waals surface area contributed by atoms with Crippen molar-refractivity contribution >= 4 is 5.97 Å². The molecule has 1 aliphatic rings. The third kappa shape index (κ3) is 3.12. The first-order valence-electron chi connectivity index (χ1n) is 5.66. The summed E-state index contributed by atoms with van der Waals surface area (Å²) in [6.07, 6.45) is -4.58. The first-order chi connectivity index (χ1) is 7.88. The maximum Gasteiger partial charge on any atom is 0.308 e. The fraction of sp³-hybridized carbons (Fsp3) is 0.909. The van der Waals surface area contributed by atoms with Gasteiger partial charge in [-0.25, -0.2) is 13.2 Å². The van der Waals surface area contributed by atoms with Gasteiger partial charge in [0.1, 0.15) is 0 Å². The number of nitrogens with zero attached hydrogens (tertiary/aromatic N) is 1. The molecule has 1 fully saturated rings. The highest BCUT2D eigenvalue weighted by Gasteiger charge is 2.41. The lowest BCUT2D eigenvalue weighted by molar-refractivity contribution is -0.153. The summed E-state index contributed by atoms with van der Waals surface area (Å²) < 4.78 is 42.8. The van der Waals surface area contributed by atoms with Gasteiger partial charge in [0.25, 0.3) is 6.43 Å². The van der Waals surface area contributed by atoms with Crippen LogP contribution in [0.5, 0.6) is 0 Å². The van der Waals surface area contributed by atoms with E-state index in [-0.39, 0.29) is 11.9 Å². The zero-order valence-corrected chi connectivity index (χ0v) is 10.2. The molecular weight excluding hydrogens is 235 g/mol. The van der Waals surface area contributed by atoms with Crippen LogP contribution in [0.15, 0.2) is 0 Å². The lowest BCUT2D eigenvalue weighted by atomic mass is 9.87. The van der Waals surface area contributed by atoms with Crippen molar-refractivity contribution in [1.82, 2.24) is 4.90 Å². The van der Waals surface area contributed by atoms with E-state index in [1.165, 1.54) is 7.11 Å². The number of likely N-dealkylation sites (tertiary alicyclic amines) is 1. The Hall–Kier alpha value is -0.780. The minimum absolute atomic E-state index is 0.328. The number of ether oxygens (including phenoxy) is 1. The molecular formula is C11H18F3NO2. The van der Waals surface area contributed by atoms with E-state index in [1.807, 2.05) is 0 Å². The molecule has 0 N–H and O–H groups in total. The third-order valence-electron chi connectivity index (χ3n) is 3.30. The SMILES string of the molecule is COC(=O)C1CC(C)N(C(F)C(F)F)C(C)C1. The van der Waals surface area contributed by atoms with Crippen molar-refractivity contribution in [3.63, 3.8) is 0 Å². The molecule has 0 aromatic heterocycles. The van der Waals surface area contributed by atoms with Crippen molar-refractivity contribution in [2.75, 3.05) is 7.11 Å². The highest BCUT2D eigenvalue weighted by atomic mass is 19.3. The van der Waals surface area contributed by atoms with Gasteiger partial charge in [0.15, 0.2) is 0 Å². The van der Waals surface area contributed by atoms with E-state index < -0.39 is 24.8 Å². The van der Waals surface area contributed by atoms with E-state index in [1.54, 1.807) is 13.8 Å². The summed E-state index contributed by atoms with van der Waals surface area (Å²) in [4.78, 5) is 12.5. The predicted molar refractivity (Wildman–Crippen MR) is 56.4 cm³/mol. The Labute approximate surface area is 98.9 Å². The predicted octanol–water partition coefficient (Wildman–Crippen LogP) is 2.21. The van der Waals surface area contributed by atoms with Gasteiger partial charge in [-0.1, -0.05) is 0 Å². The molecule has 0 aliphatic carbocycles. The second-order valence-electron chi connectivity index (χ2n) is 4.54. The molecule has 0 aromatic carbocycles. The number of esters is 1. The fourth-order valence-corrected chi connectivity index (χ4v) is 2.57. The standard InChI is InChI=1S/C11H18F3NO2/c1-6-4-8(11(16)17-3)5-7(2)15(6)10(14)9(12)13/h6-10H,4-5H2,1-3H3. The van der Waals surface area contributed by atoms with E-state index >= 15 is 0 Å². The van der Waals surface area contributed by atoms with Crippen molar-refractivity contribution < 1.29 is 22.7 Å². The minimum Gasteiger partial charge on any atom is -0.469 e. The van der Waals surface area contributed by atoms with Crippen LogP contribution in [0.2, 0.25) is 0 Å². The molecule has 0 radical (unpaired) electrons. The van der Waals surface area contributed by atoms with Gasteiger partial charge in [0.05, 0.1) is 13.0 Å². The Bertz CT molecular complexity index is 263. The summed E-state index contributed by atoms with van der Waals surface area (Å²) >= 11 is 0. The maximum absolute atomic E-state index is 13.4. The van der Waals surface area contributed by atoms with Crippen LogP contribution < -0.4 is 0 Å². The van der Waals surface area contributed by atoms with Crippen molar-refractivity contribution in [1.29, 1.82) is 0 Å². The van der Waals surface area contributed by atoms with Gasteiger partial charge >= 0.3 is 5.97 Å². The Morgan fingerprint density at radius 3 is 2.06 bits per heavy atom. The minimum atomic E-state index is -3.02. The number of carbonyl (C=O) groups excluding carboxylic acids is 1. The van der Waals surface area contributed by atoms with Crippen LogP contribution in [0, 0.1) is 5.92 Å². The van der Waals surface area contributed by atoms with E-state index in [0.717, 1.165) is 4.90 Å². The molecule has 1 rings (SSSR count). The molecule has 17 heavy (non-hydrogen) atoms. The summed E-state index contributed by atoms with van der Waals surface area (Å²) in [7, 11) is 1.29. The summed E-state index contributed by atoms with van der Waals surface area (Å²) in [6, 6.07) is -0.793. The van der Waals surface area contributed by atoms with Gasteiger partial charge in [-0.2, -0.15) is 0 Å². The highest BCUT2D eigenvalue weighted by Crippen LogP contribution is 2.32. The van der Waals surface area contributed by atoms with Crippen LogP contribution in [0.1, 0.15) is 26.7 Å². The smallest absolute Gasteiger partial charge is 0.308 e. The van der Waals surface area contributed by atoms with Crippen molar-refractivity contribution in [3.05, 3.63) is 0 Å². The molecule has 0 bridgehead atoms. The molecule has 1 heterocycles. The van der Waals surface area contributed by atoms with Gasteiger partial charge in [0.2, 0.25) is 6.30 Å². The number of hydrogen-bond acceptors (Lipinski definition) is 3. The quantitative estimate of drug-likeness (QED) is 0.570. The highest BCUT2D eigenvalue weighted by molar-refractivity contribution is 5.72. The van der Waals surface area contributed by atoms with Crippen LogP contribution in [-0.4, -0.2) is 42.8 Å². The maximum atomic E-state index is 13.4. The number of methoxy groups -OCH3 is 1. The molecule has 0 amide bonds.